The van der Waals surface area contributed by atoms with Gasteiger partial charge in [0.25, 0.3) is 0 Å². The van der Waals surface area contributed by atoms with E-state index in [-0.39, 0.29) is 12.1 Å². The minimum atomic E-state index is -0.0373. The van der Waals surface area contributed by atoms with Crippen LogP contribution in [0.4, 0.5) is 10.5 Å². The number of carbonyl (C=O) groups excluding carboxylic acids is 1. The van der Waals surface area contributed by atoms with Crippen molar-refractivity contribution < 1.29 is 4.79 Å². The van der Waals surface area contributed by atoms with E-state index in [4.69, 9.17) is 0 Å². The van der Waals surface area contributed by atoms with Crippen LogP contribution in [-0.2, 0) is 19.5 Å². The lowest BCUT2D eigenvalue weighted by atomic mass is 10.0. The average molecular weight is 421 g/mol. The van der Waals surface area contributed by atoms with Gasteiger partial charge in [-0.1, -0.05) is 12.1 Å². The molecular weight excluding hydrogens is 392 g/mol. The average Bonchev–Trinajstić information content (AvgIpc) is 3.31. The number of likely N-dealkylation sites (N-methyl/N-ethyl adjacent to an activating group) is 1. The highest BCUT2D eigenvalue weighted by Gasteiger charge is 2.33. The minimum absolute atomic E-state index is 0.00775. The molecule has 0 bridgehead atoms. The summed E-state index contributed by atoms with van der Waals surface area (Å²) in [6.45, 7) is 8.97. The van der Waals surface area contributed by atoms with Crippen LogP contribution in [0.25, 0.3) is 5.00 Å². The Balaban J connectivity index is 1.55. The molecule has 2 aliphatic rings. The number of carbonyl (C=O) groups is 1. The number of aromatic nitrogens is 1. The van der Waals surface area contributed by atoms with E-state index in [2.05, 4.69) is 67.0 Å². The van der Waals surface area contributed by atoms with Gasteiger partial charge in [0.05, 0.1) is 12.6 Å². The third-order valence-electron chi connectivity index (χ3n) is 6.67. The van der Waals surface area contributed by atoms with Crippen molar-refractivity contribution in [2.45, 2.75) is 46.3 Å². The Morgan fingerprint density at radius 3 is 2.80 bits per heavy atom. The van der Waals surface area contributed by atoms with E-state index < -0.39 is 0 Å². The number of urea groups is 1. The Kier molecular flexibility index (Phi) is 4.71. The van der Waals surface area contributed by atoms with Crippen LogP contribution in [0.15, 0.2) is 36.5 Å². The van der Waals surface area contributed by atoms with Gasteiger partial charge >= 0.3 is 6.03 Å². The van der Waals surface area contributed by atoms with Crippen LogP contribution >= 0.6 is 11.3 Å². The number of thiophene rings is 1. The number of hydrogen-bond acceptors (Lipinski definition) is 3. The number of anilines is 1. The van der Waals surface area contributed by atoms with Crippen LogP contribution in [0.2, 0.25) is 0 Å². The maximum absolute atomic E-state index is 13.5. The molecular formula is C24H28N4OS. The van der Waals surface area contributed by atoms with Crippen molar-refractivity contribution >= 4 is 23.1 Å². The first kappa shape index (κ1) is 19.4. The largest absolute Gasteiger partial charge is 0.322 e. The highest BCUT2D eigenvalue weighted by atomic mass is 32.1. The van der Waals surface area contributed by atoms with Gasteiger partial charge in [0.15, 0.2) is 0 Å². The topological polar surface area (TPSA) is 40.5 Å². The Morgan fingerprint density at radius 1 is 1.13 bits per heavy atom. The first-order chi connectivity index (χ1) is 14.4. The molecule has 0 saturated carbocycles. The number of amides is 2. The second-order valence-electron chi connectivity index (χ2n) is 8.56. The van der Waals surface area contributed by atoms with Crippen LogP contribution in [0.5, 0.6) is 0 Å². The molecule has 6 heteroatoms. The van der Waals surface area contributed by atoms with Gasteiger partial charge in [-0.25, -0.2) is 4.79 Å². The molecule has 3 aromatic rings. The van der Waals surface area contributed by atoms with Crippen molar-refractivity contribution in [2.75, 3.05) is 18.9 Å². The second-order valence-corrected chi connectivity index (χ2v) is 9.64. The van der Waals surface area contributed by atoms with Gasteiger partial charge in [-0.3, -0.25) is 0 Å². The normalized spacial score (nSPS) is 18.4. The smallest absolute Gasteiger partial charge is 0.312 e. The molecule has 2 aromatic heterocycles. The van der Waals surface area contributed by atoms with Crippen molar-refractivity contribution in [3.8, 4) is 5.00 Å². The lowest BCUT2D eigenvalue weighted by Crippen LogP contribution is -2.36. The molecule has 30 heavy (non-hydrogen) atoms. The van der Waals surface area contributed by atoms with Crippen LogP contribution in [0.1, 0.15) is 45.8 Å². The van der Waals surface area contributed by atoms with Crippen molar-refractivity contribution in [3.63, 3.8) is 0 Å². The van der Waals surface area contributed by atoms with Gasteiger partial charge in [0.1, 0.15) is 5.00 Å². The summed E-state index contributed by atoms with van der Waals surface area (Å²) in [4.78, 5) is 19.3. The van der Waals surface area contributed by atoms with Gasteiger partial charge < -0.3 is 19.7 Å². The first-order valence-corrected chi connectivity index (χ1v) is 11.4. The Hall–Kier alpha value is -2.57. The van der Waals surface area contributed by atoms with Gasteiger partial charge in [0.2, 0.25) is 0 Å². The van der Waals surface area contributed by atoms with E-state index in [0.717, 1.165) is 36.5 Å². The summed E-state index contributed by atoms with van der Waals surface area (Å²) in [6.07, 6.45) is 3.19. The molecule has 5 rings (SSSR count). The zero-order chi connectivity index (χ0) is 21.0. The molecule has 2 aliphatic heterocycles. The van der Waals surface area contributed by atoms with Crippen LogP contribution in [-0.4, -0.2) is 34.0 Å². The van der Waals surface area contributed by atoms with Crippen molar-refractivity contribution in [2.24, 2.45) is 0 Å². The highest BCUT2D eigenvalue weighted by molar-refractivity contribution is 7.15. The molecule has 0 fully saturated rings. The Bertz CT molecular complexity index is 1130. The second kappa shape index (κ2) is 7.29. The lowest BCUT2D eigenvalue weighted by molar-refractivity contribution is 0.189. The predicted molar refractivity (Wildman–Crippen MR) is 123 cm³/mol. The fourth-order valence-corrected chi connectivity index (χ4v) is 6.09. The van der Waals surface area contributed by atoms with Gasteiger partial charge in [-0.15, -0.1) is 11.3 Å². The zero-order valence-corrected chi connectivity index (χ0v) is 18.8. The molecule has 5 nitrogen and oxygen atoms in total. The Labute approximate surface area is 181 Å². The summed E-state index contributed by atoms with van der Waals surface area (Å²) in [5.41, 5.74) is 7.13. The first-order valence-electron chi connectivity index (χ1n) is 10.6. The summed E-state index contributed by atoms with van der Waals surface area (Å²) in [5, 5.41) is 4.47. The molecule has 0 spiro atoms. The fourth-order valence-electron chi connectivity index (χ4n) is 4.65. The summed E-state index contributed by atoms with van der Waals surface area (Å²) in [5.74, 6) is 0. The van der Waals surface area contributed by atoms with Crippen molar-refractivity contribution in [1.29, 1.82) is 0 Å². The SMILES string of the molecule is Cc1cccc(NC(=O)N2Cc3c(sc4c3CCN(C)C4)-n3cccc3[C@@H]2C)c1C. The third-order valence-corrected chi connectivity index (χ3v) is 7.92. The molecule has 0 aliphatic carbocycles. The van der Waals surface area contributed by atoms with Crippen molar-refractivity contribution in [1.82, 2.24) is 14.4 Å². The van der Waals surface area contributed by atoms with Gasteiger partial charge in [-0.05, 0) is 69.1 Å². The highest BCUT2D eigenvalue weighted by Crippen LogP contribution is 2.41. The number of nitrogens with zero attached hydrogens (tertiary/aromatic N) is 3. The number of rotatable bonds is 1. The number of hydrogen-bond donors (Lipinski definition) is 1. The lowest BCUT2D eigenvalue weighted by Gasteiger charge is -2.29. The summed E-state index contributed by atoms with van der Waals surface area (Å²) in [7, 11) is 2.18. The third kappa shape index (κ3) is 3.06. The number of nitrogens with one attached hydrogen (secondary N) is 1. The number of aryl methyl sites for hydroxylation is 1. The molecule has 0 saturated heterocycles. The van der Waals surface area contributed by atoms with Gasteiger partial charge in [0, 0.05) is 41.1 Å². The standard InChI is InChI=1S/C24H28N4OS/c1-15-7-5-8-20(16(15)2)25-24(29)28-13-19-18-10-12-26(4)14-22(18)30-23(19)27-11-6-9-21(27)17(28)3/h5-9,11,17H,10,12-14H2,1-4H3,(H,25,29)/t17-/m0/s1. The van der Waals surface area contributed by atoms with Crippen LogP contribution < -0.4 is 5.32 Å². The quantitative estimate of drug-likeness (QED) is 0.584. The molecule has 1 N–H and O–H groups in total. The summed E-state index contributed by atoms with van der Waals surface area (Å²) < 4.78 is 2.30. The monoisotopic (exact) mass is 420 g/mol. The fraction of sp³-hybridized carbons (Fsp3) is 0.375. The maximum atomic E-state index is 13.5. The van der Waals surface area contributed by atoms with E-state index in [1.165, 1.54) is 26.6 Å². The van der Waals surface area contributed by atoms with Crippen LogP contribution in [0.3, 0.4) is 0 Å². The molecule has 156 valence electrons. The maximum Gasteiger partial charge on any atom is 0.322 e. The number of benzene rings is 1. The summed E-state index contributed by atoms with van der Waals surface area (Å²) in [6, 6.07) is 10.2. The Morgan fingerprint density at radius 2 is 1.97 bits per heavy atom. The van der Waals surface area contributed by atoms with E-state index in [9.17, 15) is 4.79 Å². The number of fused-ring (bicyclic) bond motifs is 5. The molecule has 1 aromatic carbocycles. The van der Waals surface area contributed by atoms with E-state index in [1.54, 1.807) is 0 Å². The van der Waals surface area contributed by atoms with E-state index >= 15 is 0 Å². The zero-order valence-electron chi connectivity index (χ0n) is 18.0. The molecule has 2 amide bonds. The molecule has 1 atom stereocenters. The van der Waals surface area contributed by atoms with Crippen LogP contribution in [0, 0.1) is 13.8 Å². The minimum Gasteiger partial charge on any atom is -0.312 e. The molecule has 0 radical (unpaired) electrons. The van der Waals surface area contributed by atoms with Crippen molar-refractivity contribution in [3.05, 3.63) is 69.4 Å². The summed E-state index contributed by atoms with van der Waals surface area (Å²) >= 11 is 1.89. The molecule has 4 heterocycles. The predicted octanol–water partition coefficient (Wildman–Crippen LogP) is 5.25. The van der Waals surface area contributed by atoms with E-state index in [1.807, 2.05) is 28.4 Å². The van der Waals surface area contributed by atoms with E-state index in [0.29, 0.717) is 6.54 Å². The van der Waals surface area contributed by atoms with Gasteiger partial charge in [-0.2, -0.15) is 0 Å². The molecule has 0 unspecified atom stereocenters.